The molecule has 0 radical (unpaired) electrons. The van der Waals surface area contributed by atoms with Crippen LogP contribution in [0.4, 0.5) is 0 Å². The second kappa shape index (κ2) is 3.33. The summed E-state index contributed by atoms with van der Waals surface area (Å²) in [6.45, 7) is 9.73. The van der Waals surface area contributed by atoms with Crippen LogP contribution in [0.1, 0.15) is 20.8 Å². The average Bonchev–Trinajstić information content (AvgIpc) is 1.63. The van der Waals surface area contributed by atoms with Crippen LogP contribution >= 0.6 is 0 Å². The van der Waals surface area contributed by atoms with Crippen molar-refractivity contribution in [3.63, 3.8) is 0 Å². The van der Waals surface area contributed by atoms with Gasteiger partial charge in [-0.3, -0.25) is 0 Å². The van der Waals surface area contributed by atoms with E-state index >= 15 is 0 Å². The third-order valence-electron chi connectivity index (χ3n) is 0.743. The van der Waals surface area contributed by atoms with Gasteiger partial charge >= 0.3 is 0 Å². The number of ether oxygens (including phenoxy) is 1. The summed E-state index contributed by atoms with van der Waals surface area (Å²) >= 11 is 0. The van der Waals surface area contributed by atoms with E-state index in [9.17, 15) is 0 Å². The van der Waals surface area contributed by atoms with E-state index < -0.39 is 0 Å². The maximum atomic E-state index is 4.79. The molecule has 52 valence electrons. The first-order valence-electron chi connectivity index (χ1n) is 3.00. The van der Waals surface area contributed by atoms with Crippen molar-refractivity contribution in [1.29, 1.82) is 0 Å². The number of rotatable bonds is 2. The molecule has 0 aliphatic carbocycles. The van der Waals surface area contributed by atoms with Gasteiger partial charge in [-0.2, -0.15) is 0 Å². The van der Waals surface area contributed by atoms with Gasteiger partial charge in [-0.15, -0.1) is 0 Å². The summed E-state index contributed by atoms with van der Waals surface area (Å²) in [6, 6.07) is 0. The van der Waals surface area contributed by atoms with Crippen molar-refractivity contribution in [3.8, 4) is 0 Å². The molecule has 1 heteroatoms. The normalized spacial score (nSPS) is 11.9. The van der Waals surface area contributed by atoms with Gasteiger partial charge in [0.1, 0.15) is 0 Å². The maximum absolute atomic E-state index is 4.79. The van der Waals surface area contributed by atoms with E-state index in [1.54, 1.807) is 6.26 Å². The van der Waals surface area contributed by atoms with Gasteiger partial charge in [-0.1, -0.05) is 27.4 Å². The molecule has 0 N–H and O–H groups in total. The molecule has 0 bridgehead atoms. The lowest BCUT2D eigenvalue weighted by Crippen LogP contribution is -1.98. The smallest absolute Gasteiger partial charge is 0.0866 e. The first kappa shape index (κ1) is 8.28. The zero-order valence-electron chi connectivity index (χ0n) is 6.35. The topological polar surface area (TPSA) is 9.23 Å². The zero-order valence-corrected chi connectivity index (χ0v) is 6.35. The third kappa shape index (κ3) is 7.28. The van der Waals surface area contributed by atoms with E-state index in [-0.39, 0.29) is 5.41 Å². The van der Waals surface area contributed by atoms with Crippen LogP contribution < -0.4 is 0 Å². The van der Waals surface area contributed by atoms with Gasteiger partial charge in [0.05, 0.1) is 12.5 Å². The Bertz CT molecular complexity index is 106. The second-order valence-electron chi connectivity index (χ2n) is 2.97. The molecule has 9 heavy (non-hydrogen) atoms. The van der Waals surface area contributed by atoms with Crippen LogP contribution in [0.2, 0.25) is 0 Å². The lowest BCUT2D eigenvalue weighted by Gasteiger charge is -2.09. The van der Waals surface area contributed by atoms with E-state index in [1.807, 2.05) is 6.08 Å². The molecule has 0 aliphatic rings. The van der Waals surface area contributed by atoms with Crippen LogP contribution in [-0.4, -0.2) is 0 Å². The fraction of sp³-hybridized carbons (Fsp3) is 0.500. The summed E-state index contributed by atoms with van der Waals surface area (Å²) in [7, 11) is 0. The van der Waals surface area contributed by atoms with Crippen LogP contribution in [-0.2, 0) is 4.74 Å². The quantitative estimate of drug-likeness (QED) is 0.517. The zero-order chi connectivity index (χ0) is 7.33. The van der Waals surface area contributed by atoms with E-state index in [1.165, 1.54) is 6.26 Å². The standard InChI is InChI=1S/C8H14O/c1-5-9-7-6-8(2,3)4/h5-7H,1H2,2-4H3. The van der Waals surface area contributed by atoms with Gasteiger partial charge in [-0.05, 0) is 11.5 Å². The van der Waals surface area contributed by atoms with E-state index in [0.717, 1.165) is 0 Å². The van der Waals surface area contributed by atoms with Gasteiger partial charge in [0.2, 0.25) is 0 Å². The molecule has 0 saturated carbocycles. The van der Waals surface area contributed by atoms with Gasteiger partial charge in [0.25, 0.3) is 0 Å². The molecule has 0 saturated heterocycles. The van der Waals surface area contributed by atoms with Crippen LogP contribution in [0.3, 0.4) is 0 Å². The molecular weight excluding hydrogens is 112 g/mol. The van der Waals surface area contributed by atoms with Gasteiger partial charge in [0.15, 0.2) is 0 Å². The SMILES string of the molecule is C=COC=CC(C)(C)C. The van der Waals surface area contributed by atoms with Crippen LogP contribution in [0.5, 0.6) is 0 Å². The molecule has 0 aromatic rings. The van der Waals surface area contributed by atoms with Gasteiger partial charge in [-0.25, -0.2) is 0 Å². The summed E-state index contributed by atoms with van der Waals surface area (Å²) < 4.78 is 4.79. The molecule has 0 heterocycles. The average molecular weight is 126 g/mol. The summed E-state index contributed by atoms with van der Waals surface area (Å²) in [5.74, 6) is 0. The van der Waals surface area contributed by atoms with Gasteiger partial charge < -0.3 is 4.74 Å². The molecule has 0 aromatic heterocycles. The molecule has 0 spiro atoms. The Morgan fingerprint density at radius 3 is 2.22 bits per heavy atom. The summed E-state index contributed by atoms with van der Waals surface area (Å²) in [5, 5.41) is 0. The Hall–Kier alpha value is -0.720. The van der Waals surface area contributed by atoms with Crippen molar-refractivity contribution in [2.45, 2.75) is 20.8 Å². The predicted molar refractivity (Wildman–Crippen MR) is 39.9 cm³/mol. The van der Waals surface area contributed by atoms with Gasteiger partial charge in [0, 0.05) is 0 Å². The second-order valence-corrected chi connectivity index (χ2v) is 2.97. The highest BCUT2D eigenvalue weighted by Crippen LogP contribution is 2.13. The maximum Gasteiger partial charge on any atom is 0.0866 e. The monoisotopic (exact) mass is 126 g/mol. The highest BCUT2D eigenvalue weighted by atomic mass is 16.5. The lowest BCUT2D eigenvalue weighted by molar-refractivity contribution is 0.390. The summed E-state index contributed by atoms with van der Waals surface area (Å²) in [4.78, 5) is 0. The lowest BCUT2D eigenvalue weighted by atomic mass is 9.97. The van der Waals surface area contributed by atoms with Crippen LogP contribution in [0.25, 0.3) is 0 Å². The Morgan fingerprint density at radius 1 is 1.33 bits per heavy atom. The molecule has 0 aliphatic heterocycles. The Balaban J connectivity index is 3.57. The van der Waals surface area contributed by atoms with Crippen LogP contribution in [0, 0.1) is 5.41 Å². The molecule has 0 unspecified atom stereocenters. The molecule has 0 fully saturated rings. The van der Waals surface area contributed by atoms with Crippen molar-refractivity contribution in [2.24, 2.45) is 5.41 Å². The molecule has 0 atom stereocenters. The largest absolute Gasteiger partial charge is 0.474 e. The highest BCUT2D eigenvalue weighted by Gasteiger charge is 2.02. The minimum atomic E-state index is 0.197. The fourth-order valence-electron chi connectivity index (χ4n) is 0.299. The van der Waals surface area contributed by atoms with Crippen molar-refractivity contribution < 1.29 is 4.74 Å². The highest BCUT2D eigenvalue weighted by molar-refractivity contribution is 4.87. The van der Waals surface area contributed by atoms with E-state index in [2.05, 4.69) is 27.4 Å². The molecule has 0 aromatic carbocycles. The Morgan fingerprint density at radius 2 is 1.89 bits per heavy atom. The molecule has 0 amide bonds. The van der Waals surface area contributed by atoms with Crippen molar-refractivity contribution >= 4 is 0 Å². The first-order valence-corrected chi connectivity index (χ1v) is 3.00. The number of hydrogen-bond donors (Lipinski definition) is 0. The molecule has 1 nitrogen and oxygen atoms in total. The Kier molecular flexibility index (Phi) is 3.07. The molecular formula is C8H14O. The Labute approximate surface area is 57.0 Å². The molecule has 0 rings (SSSR count). The number of allylic oxidation sites excluding steroid dienone is 1. The van der Waals surface area contributed by atoms with E-state index in [0.29, 0.717) is 0 Å². The number of hydrogen-bond acceptors (Lipinski definition) is 1. The van der Waals surface area contributed by atoms with Crippen molar-refractivity contribution in [3.05, 3.63) is 25.2 Å². The van der Waals surface area contributed by atoms with E-state index in [4.69, 9.17) is 4.74 Å². The summed E-state index contributed by atoms with van der Waals surface area (Å²) in [6.07, 6.45) is 5.03. The minimum Gasteiger partial charge on any atom is -0.474 e. The first-order chi connectivity index (χ1) is 4.06. The third-order valence-corrected chi connectivity index (χ3v) is 0.743. The predicted octanol–water partition coefficient (Wildman–Crippen LogP) is 2.71. The van der Waals surface area contributed by atoms with Crippen molar-refractivity contribution in [1.82, 2.24) is 0 Å². The minimum absolute atomic E-state index is 0.197. The fourth-order valence-corrected chi connectivity index (χ4v) is 0.299. The summed E-state index contributed by atoms with van der Waals surface area (Å²) in [5.41, 5.74) is 0.197. The van der Waals surface area contributed by atoms with Crippen LogP contribution in [0.15, 0.2) is 25.2 Å². The van der Waals surface area contributed by atoms with Crippen molar-refractivity contribution in [2.75, 3.05) is 0 Å².